The van der Waals surface area contributed by atoms with E-state index in [2.05, 4.69) is 20.6 Å². The van der Waals surface area contributed by atoms with Gasteiger partial charge < -0.3 is 15.5 Å². The van der Waals surface area contributed by atoms with Crippen molar-refractivity contribution in [3.63, 3.8) is 0 Å². The zero-order valence-electron chi connectivity index (χ0n) is 15.6. The summed E-state index contributed by atoms with van der Waals surface area (Å²) >= 11 is 1.62. The van der Waals surface area contributed by atoms with Crippen LogP contribution in [0.5, 0.6) is 0 Å². The number of imidazole rings is 1. The average molecular weight is 510 g/mol. The second kappa shape index (κ2) is 9.37. The summed E-state index contributed by atoms with van der Waals surface area (Å²) in [5.74, 6) is 0.940. The summed E-state index contributed by atoms with van der Waals surface area (Å²) in [6, 6.07) is 8.11. The zero-order chi connectivity index (χ0) is 18.6. The third-order valence-corrected chi connectivity index (χ3v) is 5.36. The fraction of sp³-hybridized carbons (Fsp3) is 0.316. The minimum absolute atomic E-state index is 0. The monoisotopic (exact) mass is 510 g/mol. The number of aromatic nitrogens is 2. The number of benzene rings is 1. The Morgan fingerprint density at radius 3 is 2.71 bits per heavy atom. The standard InChI is InChI=1S/C19H22N6OS.HI/c1-20-18(22-12-15-13-24-9-10-27-19(24)23-15)21-11-14-4-6-16(7-5-14)25-8-2-3-17(25)26;/h4-7,9-10,13H,2-3,8,11-12H2,1H3,(H2,20,21,22);1H. The second-order valence-corrected chi connectivity index (χ2v) is 7.29. The molecule has 4 rings (SSSR count). The molecule has 0 atom stereocenters. The predicted octanol–water partition coefficient (Wildman–Crippen LogP) is 3.01. The molecule has 2 N–H and O–H groups in total. The van der Waals surface area contributed by atoms with E-state index in [4.69, 9.17) is 0 Å². The van der Waals surface area contributed by atoms with Crippen LogP contribution in [0.25, 0.3) is 4.96 Å². The number of carbonyl (C=O) groups is 1. The molecule has 1 amide bonds. The fourth-order valence-corrected chi connectivity index (χ4v) is 3.88. The lowest BCUT2D eigenvalue weighted by molar-refractivity contribution is -0.117. The summed E-state index contributed by atoms with van der Waals surface area (Å²) in [5, 5.41) is 8.61. The van der Waals surface area contributed by atoms with Gasteiger partial charge in [-0.1, -0.05) is 12.1 Å². The van der Waals surface area contributed by atoms with Crippen LogP contribution >= 0.6 is 35.3 Å². The number of carbonyl (C=O) groups excluding carboxylic acids is 1. The quantitative estimate of drug-likeness (QED) is 0.315. The van der Waals surface area contributed by atoms with Crippen LogP contribution in [0.15, 0.2) is 47.0 Å². The van der Waals surface area contributed by atoms with Crippen molar-refractivity contribution in [2.45, 2.75) is 25.9 Å². The van der Waals surface area contributed by atoms with Gasteiger partial charge in [-0.3, -0.25) is 14.2 Å². The van der Waals surface area contributed by atoms with Gasteiger partial charge >= 0.3 is 0 Å². The van der Waals surface area contributed by atoms with Gasteiger partial charge in [0.15, 0.2) is 10.9 Å². The summed E-state index contributed by atoms with van der Waals surface area (Å²) in [5.41, 5.74) is 3.09. The van der Waals surface area contributed by atoms with Crippen LogP contribution in [0.3, 0.4) is 0 Å². The molecular weight excluding hydrogens is 487 g/mol. The average Bonchev–Trinajstić information content (AvgIpc) is 3.38. The van der Waals surface area contributed by atoms with E-state index in [1.807, 2.05) is 51.3 Å². The van der Waals surface area contributed by atoms with E-state index in [0.29, 0.717) is 19.5 Å². The van der Waals surface area contributed by atoms with E-state index in [1.165, 1.54) is 0 Å². The zero-order valence-corrected chi connectivity index (χ0v) is 18.7. The number of thiazole rings is 1. The molecule has 3 heterocycles. The van der Waals surface area contributed by atoms with Gasteiger partial charge in [0.25, 0.3) is 0 Å². The lowest BCUT2D eigenvalue weighted by Gasteiger charge is -2.16. The van der Waals surface area contributed by atoms with Crippen LogP contribution in [0.4, 0.5) is 5.69 Å². The molecule has 2 aromatic heterocycles. The number of hydrogen-bond acceptors (Lipinski definition) is 4. The Balaban J connectivity index is 0.00000225. The van der Waals surface area contributed by atoms with E-state index < -0.39 is 0 Å². The number of nitrogens with zero attached hydrogens (tertiary/aromatic N) is 4. The lowest BCUT2D eigenvalue weighted by atomic mass is 10.2. The number of nitrogens with one attached hydrogen (secondary N) is 2. The molecule has 7 nitrogen and oxygen atoms in total. The molecule has 1 aromatic carbocycles. The van der Waals surface area contributed by atoms with Crippen molar-refractivity contribution in [3.05, 3.63) is 53.3 Å². The molecule has 1 aliphatic heterocycles. The maximum Gasteiger partial charge on any atom is 0.227 e. The van der Waals surface area contributed by atoms with Crippen molar-refractivity contribution in [1.82, 2.24) is 20.0 Å². The first-order chi connectivity index (χ1) is 13.2. The maximum atomic E-state index is 11.8. The topological polar surface area (TPSA) is 74.0 Å². The summed E-state index contributed by atoms with van der Waals surface area (Å²) in [6.07, 6.45) is 5.62. The number of aliphatic imine (C=N–C) groups is 1. The summed E-state index contributed by atoms with van der Waals surface area (Å²) in [7, 11) is 1.75. The Bertz CT molecular complexity index is 936. The van der Waals surface area contributed by atoms with Gasteiger partial charge in [0.05, 0.1) is 12.2 Å². The Morgan fingerprint density at radius 2 is 2.04 bits per heavy atom. The molecule has 0 saturated carbocycles. The molecular formula is C19H23IN6OS. The Labute approximate surface area is 184 Å². The van der Waals surface area contributed by atoms with Crippen molar-refractivity contribution in [1.29, 1.82) is 0 Å². The number of hydrogen-bond donors (Lipinski definition) is 2. The van der Waals surface area contributed by atoms with E-state index in [1.54, 1.807) is 18.4 Å². The molecule has 1 aliphatic rings. The van der Waals surface area contributed by atoms with Crippen LogP contribution in [-0.4, -0.2) is 34.8 Å². The molecule has 3 aromatic rings. The Hall–Kier alpha value is -2.14. The SMILES string of the molecule is CN=C(NCc1ccc(N2CCCC2=O)cc1)NCc1cn2ccsc2n1.I. The third-order valence-electron chi connectivity index (χ3n) is 4.59. The smallest absolute Gasteiger partial charge is 0.227 e. The van der Waals surface area contributed by atoms with Gasteiger partial charge in [-0.2, -0.15) is 0 Å². The number of fused-ring (bicyclic) bond motifs is 1. The second-order valence-electron chi connectivity index (χ2n) is 6.42. The summed E-state index contributed by atoms with van der Waals surface area (Å²) in [6.45, 7) is 2.09. The molecule has 1 saturated heterocycles. The van der Waals surface area contributed by atoms with E-state index in [0.717, 1.165) is 40.8 Å². The van der Waals surface area contributed by atoms with Crippen LogP contribution in [-0.2, 0) is 17.9 Å². The molecule has 0 spiro atoms. The molecule has 0 aliphatic carbocycles. The van der Waals surface area contributed by atoms with Crippen molar-refractivity contribution in [2.75, 3.05) is 18.5 Å². The first-order valence-electron chi connectivity index (χ1n) is 8.98. The Morgan fingerprint density at radius 1 is 1.25 bits per heavy atom. The van der Waals surface area contributed by atoms with Crippen molar-refractivity contribution in [3.8, 4) is 0 Å². The maximum absolute atomic E-state index is 11.8. The van der Waals surface area contributed by atoms with Crippen LogP contribution in [0.2, 0.25) is 0 Å². The van der Waals surface area contributed by atoms with E-state index in [9.17, 15) is 4.79 Å². The minimum Gasteiger partial charge on any atom is -0.352 e. The van der Waals surface area contributed by atoms with Gasteiger partial charge in [-0.25, -0.2) is 4.98 Å². The number of anilines is 1. The van der Waals surface area contributed by atoms with Crippen molar-refractivity contribution >= 4 is 57.8 Å². The third kappa shape index (κ3) is 4.64. The van der Waals surface area contributed by atoms with Gasteiger partial charge in [-0.05, 0) is 24.1 Å². The highest BCUT2D eigenvalue weighted by Crippen LogP contribution is 2.21. The number of amides is 1. The van der Waals surface area contributed by atoms with E-state index in [-0.39, 0.29) is 29.9 Å². The highest BCUT2D eigenvalue weighted by Gasteiger charge is 2.21. The first kappa shape index (κ1) is 20.6. The van der Waals surface area contributed by atoms with Crippen LogP contribution in [0, 0.1) is 0 Å². The van der Waals surface area contributed by atoms with Crippen LogP contribution in [0.1, 0.15) is 24.1 Å². The number of rotatable bonds is 5. The normalized spacial score (nSPS) is 14.4. The first-order valence-corrected chi connectivity index (χ1v) is 9.86. The molecule has 1 fully saturated rings. The molecule has 0 unspecified atom stereocenters. The summed E-state index contributed by atoms with van der Waals surface area (Å²) in [4.78, 5) is 23.5. The highest BCUT2D eigenvalue weighted by molar-refractivity contribution is 14.0. The lowest BCUT2D eigenvalue weighted by Crippen LogP contribution is -2.36. The highest BCUT2D eigenvalue weighted by atomic mass is 127. The number of guanidine groups is 1. The minimum atomic E-state index is 0. The van der Waals surface area contributed by atoms with Crippen molar-refractivity contribution < 1.29 is 4.79 Å². The molecule has 28 heavy (non-hydrogen) atoms. The predicted molar refractivity (Wildman–Crippen MR) is 124 cm³/mol. The molecule has 0 radical (unpaired) electrons. The van der Waals surface area contributed by atoms with Gasteiger partial charge in [0.1, 0.15) is 0 Å². The molecule has 148 valence electrons. The Kier molecular flexibility index (Phi) is 6.89. The summed E-state index contributed by atoms with van der Waals surface area (Å²) < 4.78 is 2.02. The van der Waals surface area contributed by atoms with E-state index >= 15 is 0 Å². The molecule has 0 bridgehead atoms. The largest absolute Gasteiger partial charge is 0.352 e. The van der Waals surface area contributed by atoms with Gasteiger partial charge in [0, 0.05) is 50.0 Å². The van der Waals surface area contributed by atoms with Crippen LogP contribution < -0.4 is 15.5 Å². The van der Waals surface area contributed by atoms with Crippen molar-refractivity contribution in [2.24, 2.45) is 4.99 Å². The fourth-order valence-electron chi connectivity index (χ4n) is 3.16. The molecule has 9 heteroatoms. The van der Waals surface area contributed by atoms with Gasteiger partial charge in [-0.15, -0.1) is 35.3 Å². The number of halogens is 1. The van der Waals surface area contributed by atoms with Gasteiger partial charge in [0.2, 0.25) is 5.91 Å².